The highest BCUT2D eigenvalue weighted by Gasteiger charge is 2.28. The number of hydrogen-bond acceptors (Lipinski definition) is 5. The SMILES string of the molecule is O=C(Nc1nc2c(cc3c4c(cccc42)CC3)s1)C1COc2ccccc2O1. The number of aryl methyl sites for hydroxylation is 2. The second-order valence-electron chi connectivity index (χ2n) is 7.09. The summed E-state index contributed by atoms with van der Waals surface area (Å²) in [6.45, 7) is 0.185. The fourth-order valence-corrected chi connectivity index (χ4v) is 5.04. The van der Waals surface area contributed by atoms with Crippen molar-refractivity contribution in [2.45, 2.75) is 18.9 Å². The number of thiazole rings is 1. The Morgan fingerprint density at radius 3 is 2.86 bits per heavy atom. The minimum absolute atomic E-state index is 0.185. The van der Waals surface area contributed by atoms with E-state index in [1.54, 1.807) is 6.07 Å². The number of carbonyl (C=O) groups is 1. The fraction of sp³-hybridized carbons (Fsp3) is 0.182. The molecule has 0 saturated heterocycles. The van der Waals surface area contributed by atoms with Gasteiger partial charge in [0.05, 0.1) is 10.2 Å². The van der Waals surface area contributed by atoms with Crippen molar-refractivity contribution < 1.29 is 14.3 Å². The van der Waals surface area contributed by atoms with E-state index in [-0.39, 0.29) is 12.5 Å². The van der Waals surface area contributed by atoms with Gasteiger partial charge in [-0.05, 0) is 47.6 Å². The van der Waals surface area contributed by atoms with Crippen molar-refractivity contribution in [2.75, 3.05) is 11.9 Å². The van der Waals surface area contributed by atoms with E-state index < -0.39 is 6.10 Å². The summed E-state index contributed by atoms with van der Waals surface area (Å²) in [6, 6.07) is 16.0. The number of hydrogen-bond donors (Lipinski definition) is 1. The van der Waals surface area contributed by atoms with Crippen LogP contribution in [0.2, 0.25) is 0 Å². The van der Waals surface area contributed by atoms with E-state index in [0.717, 1.165) is 23.1 Å². The molecule has 0 bridgehead atoms. The summed E-state index contributed by atoms with van der Waals surface area (Å²) >= 11 is 1.50. The normalized spacial score (nSPS) is 17.2. The van der Waals surface area contributed by atoms with E-state index in [2.05, 4.69) is 29.6 Å². The zero-order chi connectivity index (χ0) is 18.7. The Bertz CT molecular complexity index is 1260. The molecule has 0 spiro atoms. The van der Waals surface area contributed by atoms with Crippen molar-refractivity contribution in [3.63, 3.8) is 0 Å². The van der Waals surface area contributed by atoms with Crippen molar-refractivity contribution >= 4 is 43.4 Å². The fourth-order valence-electron chi connectivity index (χ4n) is 4.09. The van der Waals surface area contributed by atoms with Gasteiger partial charge in [-0.25, -0.2) is 4.98 Å². The summed E-state index contributed by atoms with van der Waals surface area (Å²) < 4.78 is 12.5. The molecule has 6 rings (SSSR count). The molecule has 138 valence electrons. The van der Waals surface area contributed by atoms with E-state index in [9.17, 15) is 4.79 Å². The van der Waals surface area contributed by atoms with Crippen LogP contribution in [-0.2, 0) is 17.6 Å². The van der Waals surface area contributed by atoms with Crippen LogP contribution in [-0.4, -0.2) is 23.6 Å². The number of aromatic nitrogens is 1. The van der Waals surface area contributed by atoms with Gasteiger partial charge in [-0.3, -0.25) is 10.1 Å². The van der Waals surface area contributed by atoms with Gasteiger partial charge in [0.25, 0.3) is 5.91 Å². The van der Waals surface area contributed by atoms with E-state index in [4.69, 9.17) is 14.5 Å². The Kier molecular flexibility index (Phi) is 3.37. The Balaban J connectivity index is 1.32. The molecular formula is C22H16N2O3S. The first-order valence-electron chi connectivity index (χ1n) is 9.29. The van der Waals surface area contributed by atoms with Crippen molar-refractivity contribution in [1.29, 1.82) is 0 Å². The number of para-hydroxylation sites is 2. The maximum Gasteiger partial charge on any atom is 0.270 e. The molecule has 1 unspecified atom stereocenters. The van der Waals surface area contributed by atoms with Gasteiger partial charge in [0, 0.05) is 5.39 Å². The van der Waals surface area contributed by atoms with Crippen LogP contribution >= 0.6 is 11.3 Å². The summed E-state index contributed by atoms with van der Waals surface area (Å²) in [4.78, 5) is 17.4. The lowest BCUT2D eigenvalue weighted by molar-refractivity contribution is -0.125. The van der Waals surface area contributed by atoms with Gasteiger partial charge in [0.2, 0.25) is 6.10 Å². The van der Waals surface area contributed by atoms with Gasteiger partial charge in [-0.2, -0.15) is 0 Å². The lowest BCUT2D eigenvalue weighted by atomic mass is 10.0. The highest BCUT2D eigenvalue weighted by atomic mass is 32.1. The molecule has 3 aromatic carbocycles. The van der Waals surface area contributed by atoms with Crippen LogP contribution in [0.5, 0.6) is 11.5 Å². The molecule has 0 fully saturated rings. The molecule has 1 atom stereocenters. The highest BCUT2D eigenvalue weighted by Crippen LogP contribution is 2.39. The summed E-state index contributed by atoms with van der Waals surface area (Å²) in [6.07, 6.45) is 1.46. The van der Waals surface area contributed by atoms with Gasteiger partial charge in [0.1, 0.15) is 6.61 Å². The van der Waals surface area contributed by atoms with Crippen molar-refractivity contribution in [2.24, 2.45) is 0 Å². The Hall–Kier alpha value is -3.12. The number of nitrogens with one attached hydrogen (secondary N) is 1. The third-order valence-electron chi connectivity index (χ3n) is 5.38. The van der Waals surface area contributed by atoms with Crippen LogP contribution in [0.4, 0.5) is 5.13 Å². The number of benzene rings is 3. The lowest BCUT2D eigenvalue weighted by Gasteiger charge is -2.25. The minimum atomic E-state index is -0.695. The summed E-state index contributed by atoms with van der Waals surface area (Å²) in [5.41, 5.74) is 3.72. The molecule has 4 aromatic rings. The summed E-state index contributed by atoms with van der Waals surface area (Å²) in [5.74, 6) is 1.00. The van der Waals surface area contributed by atoms with Gasteiger partial charge in [-0.15, -0.1) is 0 Å². The molecule has 1 N–H and O–H groups in total. The average Bonchev–Trinajstić information content (AvgIpc) is 3.33. The third kappa shape index (κ3) is 2.38. The largest absolute Gasteiger partial charge is 0.485 e. The number of anilines is 1. The number of nitrogens with zero attached hydrogens (tertiary/aromatic N) is 1. The van der Waals surface area contributed by atoms with Crippen molar-refractivity contribution in [1.82, 2.24) is 4.98 Å². The van der Waals surface area contributed by atoms with Crippen molar-refractivity contribution in [3.8, 4) is 11.5 Å². The second-order valence-corrected chi connectivity index (χ2v) is 8.13. The molecule has 1 aliphatic heterocycles. The van der Waals surface area contributed by atoms with Crippen LogP contribution in [0.1, 0.15) is 11.1 Å². The Morgan fingerprint density at radius 1 is 1.07 bits per heavy atom. The first-order chi connectivity index (χ1) is 13.8. The van der Waals surface area contributed by atoms with Crippen LogP contribution in [0.15, 0.2) is 48.5 Å². The lowest BCUT2D eigenvalue weighted by Crippen LogP contribution is -2.40. The zero-order valence-corrected chi connectivity index (χ0v) is 15.7. The van der Waals surface area contributed by atoms with Crippen LogP contribution in [0.25, 0.3) is 21.0 Å². The number of ether oxygens (including phenoxy) is 2. The maximum absolute atomic E-state index is 12.7. The molecular weight excluding hydrogens is 372 g/mol. The number of carbonyl (C=O) groups excluding carboxylic acids is 1. The number of amides is 1. The first-order valence-corrected chi connectivity index (χ1v) is 10.1. The smallest absolute Gasteiger partial charge is 0.270 e. The molecule has 2 heterocycles. The van der Waals surface area contributed by atoms with Gasteiger partial charge in [0.15, 0.2) is 16.6 Å². The van der Waals surface area contributed by atoms with Gasteiger partial charge < -0.3 is 9.47 Å². The molecule has 5 nitrogen and oxygen atoms in total. The van der Waals surface area contributed by atoms with Crippen LogP contribution < -0.4 is 14.8 Å². The summed E-state index contributed by atoms with van der Waals surface area (Å²) in [5, 5.41) is 6.01. The first kappa shape index (κ1) is 15.9. The molecule has 1 aromatic heterocycles. The predicted molar refractivity (Wildman–Crippen MR) is 110 cm³/mol. The van der Waals surface area contributed by atoms with Crippen molar-refractivity contribution in [3.05, 3.63) is 59.7 Å². The molecule has 2 aliphatic rings. The zero-order valence-electron chi connectivity index (χ0n) is 14.9. The van der Waals surface area contributed by atoms with E-state index in [1.807, 2.05) is 18.2 Å². The molecule has 28 heavy (non-hydrogen) atoms. The van der Waals surface area contributed by atoms with Gasteiger partial charge >= 0.3 is 0 Å². The molecule has 6 heteroatoms. The quantitative estimate of drug-likeness (QED) is 0.555. The van der Waals surface area contributed by atoms with Gasteiger partial charge in [-0.1, -0.05) is 41.7 Å². The van der Waals surface area contributed by atoms with E-state index >= 15 is 0 Å². The maximum atomic E-state index is 12.7. The number of fused-ring (bicyclic) bond motifs is 3. The Morgan fingerprint density at radius 2 is 1.93 bits per heavy atom. The second kappa shape index (κ2) is 5.94. The highest BCUT2D eigenvalue weighted by molar-refractivity contribution is 7.22. The minimum Gasteiger partial charge on any atom is -0.485 e. The predicted octanol–water partition coefficient (Wildman–Crippen LogP) is 4.33. The molecule has 1 aliphatic carbocycles. The standard InChI is InChI=1S/C22H16N2O3S/c25-21(17-11-26-15-6-1-2-7-16(15)27-17)24-22-23-20-14-5-3-4-12-8-9-13(19(12)14)10-18(20)28-22/h1-7,10,17H,8-9,11H2,(H,23,24,25). The van der Waals surface area contributed by atoms with Crippen LogP contribution in [0.3, 0.4) is 0 Å². The molecule has 1 amide bonds. The topological polar surface area (TPSA) is 60.5 Å². The average molecular weight is 388 g/mol. The molecule has 0 radical (unpaired) electrons. The van der Waals surface area contributed by atoms with Crippen LogP contribution in [0, 0.1) is 0 Å². The number of rotatable bonds is 2. The molecule has 0 saturated carbocycles. The Labute approximate surface area is 164 Å². The van der Waals surface area contributed by atoms with E-state index in [0.29, 0.717) is 16.6 Å². The van der Waals surface area contributed by atoms with E-state index in [1.165, 1.54) is 33.2 Å². The third-order valence-corrected chi connectivity index (χ3v) is 6.30. The monoisotopic (exact) mass is 388 g/mol. The summed E-state index contributed by atoms with van der Waals surface area (Å²) in [7, 11) is 0.